The highest BCUT2D eigenvalue weighted by Crippen LogP contribution is 2.13. The zero-order valence-electron chi connectivity index (χ0n) is 9.65. The molecular weight excluding hydrogens is 240 g/mol. The molecule has 2 heterocycles. The van der Waals surface area contributed by atoms with Crippen LogP contribution in [0.2, 0.25) is 0 Å². The number of carbonyl (C=O) groups is 1. The molecule has 0 saturated heterocycles. The maximum atomic E-state index is 13.3. The van der Waals surface area contributed by atoms with Crippen LogP contribution >= 0.6 is 0 Å². The SMILES string of the molecule is CCn1cccc1C(=O)Nc1ccc(F)nc1F. The molecule has 0 aliphatic heterocycles. The van der Waals surface area contributed by atoms with Crippen molar-refractivity contribution < 1.29 is 13.6 Å². The van der Waals surface area contributed by atoms with Gasteiger partial charge < -0.3 is 9.88 Å². The number of halogens is 2. The normalized spacial score (nSPS) is 10.4. The van der Waals surface area contributed by atoms with Crippen molar-refractivity contribution >= 4 is 11.6 Å². The molecule has 0 atom stereocenters. The van der Waals surface area contributed by atoms with Crippen molar-refractivity contribution in [3.8, 4) is 0 Å². The van der Waals surface area contributed by atoms with Crippen LogP contribution in [-0.4, -0.2) is 15.5 Å². The highest BCUT2D eigenvalue weighted by atomic mass is 19.1. The Labute approximate surface area is 102 Å². The van der Waals surface area contributed by atoms with Crippen molar-refractivity contribution in [2.45, 2.75) is 13.5 Å². The lowest BCUT2D eigenvalue weighted by Gasteiger charge is -2.08. The van der Waals surface area contributed by atoms with E-state index in [1.807, 2.05) is 6.92 Å². The lowest BCUT2D eigenvalue weighted by Crippen LogP contribution is -2.17. The van der Waals surface area contributed by atoms with Crippen molar-refractivity contribution in [1.82, 2.24) is 9.55 Å². The second-order valence-corrected chi connectivity index (χ2v) is 3.61. The van der Waals surface area contributed by atoms with Crippen LogP contribution in [0.5, 0.6) is 0 Å². The van der Waals surface area contributed by atoms with Crippen molar-refractivity contribution in [1.29, 1.82) is 0 Å². The quantitative estimate of drug-likeness (QED) is 0.851. The van der Waals surface area contributed by atoms with Crippen LogP contribution < -0.4 is 5.32 Å². The largest absolute Gasteiger partial charge is 0.344 e. The first kappa shape index (κ1) is 12.2. The topological polar surface area (TPSA) is 46.9 Å². The van der Waals surface area contributed by atoms with Crippen LogP contribution in [0.15, 0.2) is 30.5 Å². The van der Waals surface area contributed by atoms with E-state index < -0.39 is 17.8 Å². The van der Waals surface area contributed by atoms with Crippen LogP contribution in [0.1, 0.15) is 17.4 Å². The van der Waals surface area contributed by atoms with E-state index in [-0.39, 0.29) is 5.69 Å². The Bertz CT molecular complexity index is 580. The van der Waals surface area contributed by atoms with Gasteiger partial charge >= 0.3 is 0 Å². The molecule has 2 rings (SSSR count). The van der Waals surface area contributed by atoms with E-state index in [0.29, 0.717) is 12.2 Å². The van der Waals surface area contributed by atoms with Gasteiger partial charge in [-0.2, -0.15) is 13.8 Å². The van der Waals surface area contributed by atoms with Crippen LogP contribution in [0.4, 0.5) is 14.5 Å². The first-order chi connectivity index (χ1) is 8.61. The van der Waals surface area contributed by atoms with Crippen molar-refractivity contribution in [2.24, 2.45) is 0 Å². The number of carbonyl (C=O) groups excluding carboxylic acids is 1. The number of aryl methyl sites for hydroxylation is 1. The number of amides is 1. The summed E-state index contributed by atoms with van der Waals surface area (Å²) in [7, 11) is 0. The van der Waals surface area contributed by atoms with E-state index in [0.717, 1.165) is 12.1 Å². The molecule has 0 radical (unpaired) electrons. The molecule has 0 aromatic carbocycles. The third kappa shape index (κ3) is 2.37. The fourth-order valence-electron chi connectivity index (χ4n) is 1.59. The Morgan fingerprint density at radius 3 is 2.83 bits per heavy atom. The molecule has 4 nitrogen and oxygen atoms in total. The first-order valence-corrected chi connectivity index (χ1v) is 5.40. The smallest absolute Gasteiger partial charge is 0.272 e. The molecule has 0 aliphatic rings. The van der Waals surface area contributed by atoms with Gasteiger partial charge in [-0.3, -0.25) is 4.79 Å². The second-order valence-electron chi connectivity index (χ2n) is 3.61. The van der Waals surface area contributed by atoms with Crippen LogP contribution in [0.25, 0.3) is 0 Å². The molecule has 0 aliphatic carbocycles. The van der Waals surface area contributed by atoms with Crippen molar-refractivity contribution in [3.05, 3.63) is 48.1 Å². The predicted octanol–water partition coefficient (Wildman–Crippen LogP) is 2.43. The maximum absolute atomic E-state index is 13.3. The monoisotopic (exact) mass is 251 g/mol. The predicted molar refractivity (Wildman–Crippen MR) is 62.2 cm³/mol. The number of pyridine rings is 1. The molecule has 0 fully saturated rings. The molecule has 0 bridgehead atoms. The summed E-state index contributed by atoms with van der Waals surface area (Å²) in [5.41, 5.74) is 0.256. The third-order valence-electron chi connectivity index (χ3n) is 2.47. The lowest BCUT2D eigenvalue weighted by atomic mass is 10.3. The maximum Gasteiger partial charge on any atom is 0.272 e. The van der Waals surface area contributed by atoms with E-state index in [4.69, 9.17) is 0 Å². The number of hydrogen-bond acceptors (Lipinski definition) is 2. The molecule has 94 valence electrons. The number of hydrogen-bond donors (Lipinski definition) is 1. The summed E-state index contributed by atoms with van der Waals surface area (Å²) in [6.07, 6.45) is 1.74. The van der Waals surface area contributed by atoms with Crippen molar-refractivity contribution in [2.75, 3.05) is 5.32 Å². The molecule has 1 N–H and O–H groups in total. The van der Waals surface area contributed by atoms with E-state index in [1.54, 1.807) is 22.9 Å². The van der Waals surface area contributed by atoms with Gasteiger partial charge in [0.05, 0.1) is 5.69 Å². The van der Waals surface area contributed by atoms with E-state index in [9.17, 15) is 13.6 Å². The van der Waals surface area contributed by atoms with Crippen LogP contribution in [-0.2, 0) is 6.54 Å². The highest BCUT2D eigenvalue weighted by molar-refractivity contribution is 6.03. The van der Waals surface area contributed by atoms with Gasteiger partial charge in [0, 0.05) is 12.7 Å². The summed E-state index contributed by atoms with van der Waals surface area (Å²) in [4.78, 5) is 14.9. The minimum absolute atomic E-state index is 0.148. The minimum Gasteiger partial charge on any atom is -0.344 e. The van der Waals surface area contributed by atoms with Crippen LogP contribution in [0, 0.1) is 11.9 Å². The minimum atomic E-state index is -1.04. The molecule has 1 amide bonds. The molecule has 6 heteroatoms. The van der Waals surface area contributed by atoms with Gasteiger partial charge in [-0.05, 0) is 31.2 Å². The molecular formula is C12H11F2N3O. The number of aromatic nitrogens is 2. The van der Waals surface area contributed by atoms with Gasteiger partial charge in [0.15, 0.2) is 0 Å². The molecule has 0 spiro atoms. The Kier molecular flexibility index (Phi) is 3.36. The first-order valence-electron chi connectivity index (χ1n) is 5.40. The Morgan fingerprint density at radius 2 is 2.17 bits per heavy atom. The van der Waals surface area contributed by atoms with Gasteiger partial charge in [-0.1, -0.05) is 0 Å². The van der Waals surface area contributed by atoms with E-state index >= 15 is 0 Å². The Balaban J connectivity index is 2.21. The molecule has 2 aromatic heterocycles. The van der Waals surface area contributed by atoms with Gasteiger partial charge in [0.1, 0.15) is 5.69 Å². The molecule has 2 aromatic rings. The van der Waals surface area contributed by atoms with Gasteiger partial charge in [0.25, 0.3) is 5.91 Å². The summed E-state index contributed by atoms with van der Waals surface area (Å²) >= 11 is 0. The average molecular weight is 251 g/mol. The van der Waals surface area contributed by atoms with Crippen molar-refractivity contribution in [3.63, 3.8) is 0 Å². The zero-order valence-corrected chi connectivity index (χ0v) is 9.65. The molecule has 0 unspecified atom stereocenters. The lowest BCUT2D eigenvalue weighted by molar-refractivity contribution is 0.101. The Hall–Kier alpha value is -2.24. The highest BCUT2D eigenvalue weighted by Gasteiger charge is 2.13. The number of anilines is 1. The third-order valence-corrected chi connectivity index (χ3v) is 2.47. The Morgan fingerprint density at radius 1 is 1.39 bits per heavy atom. The fraction of sp³-hybridized carbons (Fsp3) is 0.167. The summed E-state index contributed by atoms with van der Waals surface area (Å²) < 4.78 is 27.6. The number of nitrogens with one attached hydrogen (secondary N) is 1. The van der Waals surface area contributed by atoms with Gasteiger partial charge in [-0.25, -0.2) is 0 Å². The van der Waals surface area contributed by atoms with E-state index in [1.165, 1.54) is 0 Å². The fourth-order valence-corrected chi connectivity index (χ4v) is 1.59. The summed E-state index contributed by atoms with van der Waals surface area (Å²) in [6.45, 7) is 2.51. The van der Waals surface area contributed by atoms with E-state index in [2.05, 4.69) is 10.3 Å². The second kappa shape index (κ2) is 4.95. The standard InChI is InChI=1S/C12H11F2N3O/c1-2-17-7-3-4-9(17)12(18)15-8-5-6-10(13)16-11(8)14/h3-7H,2H2,1H3,(H,15,18). The van der Waals surface area contributed by atoms with Gasteiger partial charge in [0.2, 0.25) is 11.9 Å². The van der Waals surface area contributed by atoms with Gasteiger partial charge in [-0.15, -0.1) is 0 Å². The zero-order chi connectivity index (χ0) is 13.1. The summed E-state index contributed by atoms with van der Waals surface area (Å²) in [5, 5.41) is 2.35. The molecule has 18 heavy (non-hydrogen) atoms. The number of nitrogens with zero attached hydrogens (tertiary/aromatic N) is 2. The number of rotatable bonds is 3. The summed E-state index contributed by atoms with van der Waals surface area (Å²) in [5.74, 6) is -2.44. The van der Waals surface area contributed by atoms with Crippen LogP contribution in [0.3, 0.4) is 0 Å². The molecule has 0 saturated carbocycles. The summed E-state index contributed by atoms with van der Waals surface area (Å²) in [6, 6.07) is 5.46. The average Bonchev–Trinajstić information content (AvgIpc) is 2.81.